The van der Waals surface area contributed by atoms with Gasteiger partial charge in [-0.15, -0.1) is 0 Å². The third-order valence-corrected chi connectivity index (χ3v) is 1.82. The van der Waals surface area contributed by atoms with Crippen LogP contribution in [0.2, 0.25) is 5.15 Å². The molecule has 0 aromatic carbocycles. The highest BCUT2D eigenvalue weighted by Crippen LogP contribution is 2.27. The molecule has 0 aliphatic carbocycles. The third-order valence-electron chi connectivity index (χ3n) is 1.50. The lowest BCUT2D eigenvalue weighted by molar-refractivity contribution is 0.591. The van der Waals surface area contributed by atoms with E-state index >= 15 is 0 Å². The lowest BCUT2D eigenvalue weighted by atomic mass is 9.89. The van der Waals surface area contributed by atoms with E-state index in [1.807, 2.05) is 12.3 Å². The molecule has 1 aromatic rings. The first-order valence-corrected chi connectivity index (χ1v) is 3.73. The van der Waals surface area contributed by atoms with Gasteiger partial charge in [0.2, 0.25) is 0 Å². The second-order valence-electron chi connectivity index (χ2n) is 3.46. The first-order valence-electron chi connectivity index (χ1n) is 3.35. The summed E-state index contributed by atoms with van der Waals surface area (Å²) >= 11 is 5.87. The van der Waals surface area contributed by atoms with Crippen LogP contribution in [0.25, 0.3) is 0 Å². The van der Waals surface area contributed by atoms with Crippen LogP contribution in [-0.2, 0) is 5.41 Å². The summed E-state index contributed by atoms with van der Waals surface area (Å²) in [5, 5.41) is 0.757. The van der Waals surface area contributed by atoms with E-state index in [2.05, 4.69) is 25.8 Å². The second kappa shape index (κ2) is 2.31. The van der Waals surface area contributed by atoms with Gasteiger partial charge < -0.3 is 4.98 Å². The maximum absolute atomic E-state index is 5.87. The van der Waals surface area contributed by atoms with Crippen molar-refractivity contribution in [1.82, 2.24) is 4.98 Å². The average molecular weight is 158 g/mol. The minimum absolute atomic E-state index is 0.150. The van der Waals surface area contributed by atoms with E-state index in [4.69, 9.17) is 11.6 Å². The maximum atomic E-state index is 5.87. The van der Waals surface area contributed by atoms with Crippen LogP contribution < -0.4 is 0 Å². The van der Waals surface area contributed by atoms with Crippen molar-refractivity contribution in [1.29, 1.82) is 0 Å². The summed E-state index contributed by atoms with van der Waals surface area (Å²) < 4.78 is 0. The predicted octanol–water partition coefficient (Wildman–Crippen LogP) is 2.97. The molecule has 0 saturated carbocycles. The zero-order chi connectivity index (χ0) is 7.78. The molecule has 2 heteroatoms. The largest absolute Gasteiger partial charge is 0.352 e. The molecule has 0 spiro atoms. The van der Waals surface area contributed by atoms with Gasteiger partial charge >= 0.3 is 0 Å². The molecule has 56 valence electrons. The van der Waals surface area contributed by atoms with Crippen LogP contribution in [0.15, 0.2) is 12.3 Å². The summed E-state index contributed by atoms with van der Waals surface area (Å²) in [4.78, 5) is 2.94. The van der Waals surface area contributed by atoms with E-state index in [9.17, 15) is 0 Å². The van der Waals surface area contributed by atoms with E-state index in [0.717, 1.165) is 5.15 Å². The Bertz CT molecular complexity index is 219. The molecule has 10 heavy (non-hydrogen) atoms. The summed E-state index contributed by atoms with van der Waals surface area (Å²) in [5.74, 6) is 0. The van der Waals surface area contributed by atoms with Crippen molar-refractivity contribution in [3.05, 3.63) is 23.0 Å². The number of aromatic amines is 1. The molecule has 0 unspecified atom stereocenters. The van der Waals surface area contributed by atoms with E-state index in [1.54, 1.807) is 0 Å². The van der Waals surface area contributed by atoms with Gasteiger partial charge in [-0.2, -0.15) is 0 Å². The number of halogens is 1. The van der Waals surface area contributed by atoms with Gasteiger partial charge in [0.25, 0.3) is 0 Å². The fourth-order valence-corrected chi connectivity index (χ4v) is 1.34. The van der Waals surface area contributed by atoms with Crippen LogP contribution in [0.5, 0.6) is 0 Å². The summed E-state index contributed by atoms with van der Waals surface area (Å²) in [6.45, 7) is 6.42. The second-order valence-corrected chi connectivity index (χ2v) is 3.83. The standard InChI is InChI=1S/C8H12ClN/c1-8(2,3)6-4-5-10-7(6)9/h4-5,10H,1-3H3. The lowest BCUT2D eigenvalue weighted by Crippen LogP contribution is -2.09. The molecular formula is C8H12ClN. The van der Waals surface area contributed by atoms with Crippen LogP contribution in [0.1, 0.15) is 26.3 Å². The van der Waals surface area contributed by atoms with E-state index in [0.29, 0.717) is 0 Å². The maximum Gasteiger partial charge on any atom is 0.110 e. The molecule has 1 N–H and O–H groups in total. The SMILES string of the molecule is CC(C)(C)c1cc[nH]c1Cl. The summed E-state index contributed by atoms with van der Waals surface area (Å²) in [5.41, 5.74) is 1.33. The molecule has 0 radical (unpaired) electrons. The van der Waals surface area contributed by atoms with Crippen molar-refractivity contribution in [3.8, 4) is 0 Å². The van der Waals surface area contributed by atoms with Crippen molar-refractivity contribution in [2.75, 3.05) is 0 Å². The Balaban J connectivity index is 3.05. The number of hydrogen-bond acceptors (Lipinski definition) is 0. The van der Waals surface area contributed by atoms with E-state index < -0.39 is 0 Å². The van der Waals surface area contributed by atoms with Crippen molar-refractivity contribution in [2.24, 2.45) is 0 Å². The average Bonchev–Trinajstić information content (AvgIpc) is 2.11. The van der Waals surface area contributed by atoms with Crippen LogP contribution in [-0.4, -0.2) is 4.98 Å². The van der Waals surface area contributed by atoms with Gasteiger partial charge in [0, 0.05) is 6.20 Å². The van der Waals surface area contributed by atoms with Gasteiger partial charge in [0.15, 0.2) is 0 Å². The first-order chi connectivity index (χ1) is 4.52. The lowest BCUT2D eigenvalue weighted by Gasteiger charge is -2.16. The van der Waals surface area contributed by atoms with Crippen LogP contribution in [0.3, 0.4) is 0 Å². The minimum Gasteiger partial charge on any atom is -0.352 e. The topological polar surface area (TPSA) is 15.8 Å². The smallest absolute Gasteiger partial charge is 0.110 e. The minimum atomic E-state index is 0.150. The molecule has 1 aromatic heterocycles. The number of aromatic nitrogens is 1. The first kappa shape index (κ1) is 7.67. The van der Waals surface area contributed by atoms with E-state index in [-0.39, 0.29) is 5.41 Å². The van der Waals surface area contributed by atoms with Gasteiger partial charge in [0.05, 0.1) is 0 Å². The Hall–Kier alpha value is -0.430. The molecule has 0 atom stereocenters. The Morgan fingerprint density at radius 3 is 2.20 bits per heavy atom. The van der Waals surface area contributed by atoms with Crippen LogP contribution in [0.4, 0.5) is 0 Å². The Morgan fingerprint density at radius 1 is 1.40 bits per heavy atom. The quantitative estimate of drug-likeness (QED) is 0.596. The monoisotopic (exact) mass is 157 g/mol. The Kier molecular flexibility index (Phi) is 1.78. The highest BCUT2D eigenvalue weighted by Gasteiger charge is 2.17. The molecule has 0 amide bonds. The van der Waals surface area contributed by atoms with Crippen LogP contribution >= 0.6 is 11.6 Å². The van der Waals surface area contributed by atoms with Gasteiger partial charge in [-0.3, -0.25) is 0 Å². The summed E-state index contributed by atoms with van der Waals surface area (Å²) in [6, 6.07) is 2.02. The van der Waals surface area contributed by atoms with Crippen LogP contribution in [0, 0.1) is 0 Å². The highest BCUT2D eigenvalue weighted by atomic mass is 35.5. The molecule has 0 saturated heterocycles. The number of rotatable bonds is 0. The summed E-state index contributed by atoms with van der Waals surface area (Å²) in [6.07, 6.45) is 1.86. The van der Waals surface area contributed by atoms with Gasteiger partial charge in [-0.05, 0) is 17.0 Å². The van der Waals surface area contributed by atoms with Gasteiger partial charge in [0.1, 0.15) is 5.15 Å². The zero-order valence-electron chi connectivity index (χ0n) is 6.53. The number of hydrogen-bond donors (Lipinski definition) is 1. The highest BCUT2D eigenvalue weighted by molar-refractivity contribution is 6.30. The molecule has 0 fully saturated rings. The Morgan fingerprint density at radius 2 is 2.00 bits per heavy atom. The molecule has 1 heterocycles. The summed E-state index contributed by atoms with van der Waals surface area (Å²) in [7, 11) is 0. The molecule has 1 rings (SSSR count). The molecule has 0 bridgehead atoms. The van der Waals surface area contributed by atoms with Crippen molar-refractivity contribution >= 4 is 11.6 Å². The number of H-pyrrole nitrogens is 1. The predicted molar refractivity (Wildman–Crippen MR) is 44.5 cm³/mol. The molecular weight excluding hydrogens is 146 g/mol. The van der Waals surface area contributed by atoms with Crippen molar-refractivity contribution in [3.63, 3.8) is 0 Å². The number of nitrogens with one attached hydrogen (secondary N) is 1. The van der Waals surface area contributed by atoms with Crippen molar-refractivity contribution in [2.45, 2.75) is 26.2 Å². The zero-order valence-corrected chi connectivity index (χ0v) is 7.29. The van der Waals surface area contributed by atoms with Crippen molar-refractivity contribution < 1.29 is 0 Å². The molecule has 0 aliphatic rings. The molecule has 0 aliphatic heterocycles. The fourth-order valence-electron chi connectivity index (χ4n) is 0.928. The van der Waals surface area contributed by atoms with E-state index in [1.165, 1.54) is 5.56 Å². The Labute approximate surface area is 66.4 Å². The normalized spacial score (nSPS) is 12.0. The van der Waals surface area contributed by atoms with Gasteiger partial charge in [-0.1, -0.05) is 32.4 Å². The fraction of sp³-hybridized carbons (Fsp3) is 0.500. The third kappa shape index (κ3) is 1.35. The molecule has 1 nitrogen and oxygen atoms in total. The van der Waals surface area contributed by atoms with Gasteiger partial charge in [-0.25, -0.2) is 0 Å².